The van der Waals surface area contributed by atoms with Crippen molar-refractivity contribution < 1.29 is 23.7 Å². The third-order valence-corrected chi connectivity index (χ3v) is 6.75. The van der Waals surface area contributed by atoms with Gasteiger partial charge in [0, 0.05) is 57.2 Å². The summed E-state index contributed by atoms with van der Waals surface area (Å²) in [6.07, 6.45) is 3.07. The molecule has 2 aliphatic rings. The van der Waals surface area contributed by atoms with E-state index >= 15 is 0 Å². The van der Waals surface area contributed by atoms with Crippen LogP contribution in [0.25, 0.3) is 10.9 Å². The Kier molecular flexibility index (Phi) is 7.13. The van der Waals surface area contributed by atoms with E-state index < -0.39 is 0 Å². The average Bonchev–Trinajstić information content (AvgIpc) is 3.57. The Morgan fingerprint density at radius 1 is 1.11 bits per heavy atom. The number of carbonyl (C=O) groups excluding carboxylic acids is 1. The maximum Gasteiger partial charge on any atom is 0.231 e. The molecule has 36 heavy (non-hydrogen) atoms. The first-order chi connectivity index (χ1) is 17.5. The third kappa shape index (κ3) is 5.18. The molecule has 8 nitrogen and oxygen atoms in total. The fourth-order valence-corrected chi connectivity index (χ4v) is 4.90. The van der Waals surface area contributed by atoms with Crippen LogP contribution in [-0.4, -0.2) is 63.0 Å². The predicted molar refractivity (Wildman–Crippen MR) is 138 cm³/mol. The van der Waals surface area contributed by atoms with Crippen LogP contribution in [0.15, 0.2) is 42.5 Å². The molecule has 1 fully saturated rings. The molecule has 0 N–H and O–H groups in total. The van der Waals surface area contributed by atoms with Gasteiger partial charge in [-0.15, -0.1) is 0 Å². The molecule has 1 saturated heterocycles. The highest BCUT2D eigenvalue weighted by molar-refractivity contribution is 5.86. The summed E-state index contributed by atoms with van der Waals surface area (Å²) >= 11 is 0. The zero-order valence-electron chi connectivity index (χ0n) is 21.2. The number of aromatic nitrogens is 1. The fourth-order valence-electron chi connectivity index (χ4n) is 4.90. The largest absolute Gasteiger partial charge is 0.496 e. The highest BCUT2D eigenvalue weighted by Crippen LogP contribution is 2.37. The number of anilines is 1. The number of carbonyl (C=O) groups is 1. The van der Waals surface area contributed by atoms with Gasteiger partial charge in [0.25, 0.3) is 0 Å². The molecular weight excluding hydrogens is 458 g/mol. The van der Waals surface area contributed by atoms with Crippen molar-refractivity contribution in [2.75, 3.05) is 46.0 Å². The minimum Gasteiger partial charge on any atom is -0.496 e. The zero-order valence-corrected chi connectivity index (χ0v) is 21.2. The second kappa shape index (κ2) is 10.6. The highest BCUT2D eigenvalue weighted by atomic mass is 16.7. The number of benzene rings is 2. The van der Waals surface area contributed by atoms with Crippen LogP contribution >= 0.6 is 0 Å². The number of hydrogen-bond acceptors (Lipinski definition) is 7. The normalized spacial score (nSPS) is 16.4. The van der Waals surface area contributed by atoms with Crippen molar-refractivity contribution in [1.82, 2.24) is 9.88 Å². The monoisotopic (exact) mass is 491 g/mol. The second-order valence-electron chi connectivity index (χ2n) is 9.48. The van der Waals surface area contributed by atoms with Gasteiger partial charge in [-0.05, 0) is 43.0 Å². The van der Waals surface area contributed by atoms with Gasteiger partial charge >= 0.3 is 0 Å². The van der Waals surface area contributed by atoms with E-state index in [0.29, 0.717) is 31.7 Å². The summed E-state index contributed by atoms with van der Waals surface area (Å²) in [5.41, 5.74) is 2.85. The highest BCUT2D eigenvalue weighted by Gasteiger charge is 2.25. The molecule has 190 valence electrons. The maximum atomic E-state index is 13.6. The Bertz CT molecular complexity index is 1240. The van der Waals surface area contributed by atoms with Gasteiger partial charge in [-0.25, -0.2) is 4.98 Å². The van der Waals surface area contributed by atoms with E-state index in [-0.39, 0.29) is 18.8 Å². The van der Waals surface area contributed by atoms with Crippen LogP contribution in [0.5, 0.6) is 17.2 Å². The lowest BCUT2D eigenvalue weighted by molar-refractivity contribution is -0.133. The van der Waals surface area contributed by atoms with Crippen LogP contribution < -0.4 is 19.1 Å². The molecule has 2 aliphatic heterocycles. The SMILES string of the molecule is COc1ccccc1CCC(=O)N(Cc1cc2cc3c(cc2nc1N(C)C)OCO3)CC1CCCO1. The Hall–Kier alpha value is -3.52. The molecule has 1 atom stereocenters. The lowest BCUT2D eigenvalue weighted by atomic mass is 10.1. The summed E-state index contributed by atoms with van der Waals surface area (Å²) in [7, 11) is 5.60. The van der Waals surface area contributed by atoms with E-state index in [9.17, 15) is 4.79 Å². The van der Waals surface area contributed by atoms with Crippen molar-refractivity contribution in [1.29, 1.82) is 0 Å². The van der Waals surface area contributed by atoms with E-state index in [1.807, 2.05) is 60.3 Å². The maximum absolute atomic E-state index is 13.6. The standard InChI is InChI=1S/C28H33N3O5/c1-30(2)28-21(13-20-14-25-26(36-18-35-25)15-23(20)29-28)16-31(17-22-8-6-12-34-22)27(32)11-10-19-7-4-5-9-24(19)33-3/h4-5,7,9,13-15,22H,6,8,10-12,16-18H2,1-3H3. The summed E-state index contributed by atoms with van der Waals surface area (Å²) in [6, 6.07) is 13.8. The summed E-state index contributed by atoms with van der Waals surface area (Å²) in [6.45, 7) is 1.99. The number of fused-ring (bicyclic) bond motifs is 2. The van der Waals surface area contributed by atoms with Crippen LogP contribution in [0.3, 0.4) is 0 Å². The number of methoxy groups -OCH3 is 1. The lowest BCUT2D eigenvalue weighted by Gasteiger charge is -2.28. The lowest BCUT2D eigenvalue weighted by Crippen LogP contribution is -2.37. The molecule has 2 aromatic carbocycles. The second-order valence-corrected chi connectivity index (χ2v) is 9.48. The molecular formula is C28H33N3O5. The Balaban J connectivity index is 1.42. The number of rotatable bonds is 9. The van der Waals surface area contributed by atoms with Crippen molar-refractivity contribution in [3.8, 4) is 17.2 Å². The van der Waals surface area contributed by atoms with E-state index in [4.69, 9.17) is 23.9 Å². The van der Waals surface area contributed by atoms with Crippen LogP contribution in [-0.2, 0) is 22.5 Å². The van der Waals surface area contributed by atoms with Gasteiger partial charge < -0.3 is 28.7 Å². The molecule has 0 radical (unpaired) electrons. The van der Waals surface area contributed by atoms with Crippen molar-refractivity contribution in [2.24, 2.45) is 0 Å². The summed E-state index contributed by atoms with van der Waals surface area (Å²) in [5.74, 6) is 3.15. The van der Waals surface area contributed by atoms with E-state index in [1.165, 1.54) is 0 Å². The average molecular weight is 492 g/mol. The molecule has 5 rings (SSSR count). The molecule has 1 aromatic heterocycles. The summed E-state index contributed by atoms with van der Waals surface area (Å²) in [5, 5.41) is 0.957. The predicted octanol–water partition coefficient (Wildman–Crippen LogP) is 4.18. The first-order valence-electron chi connectivity index (χ1n) is 12.4. The smallest absolute Gasteiger partial charge is 0.231 e. The van der Waals surface area contributed by atoms with Crippen molar-refractivity contribution >= 4 is 22.6 Å². The minimum atomic E-state index is 0.0604. The molecule has 0 bridgehead atoms. The number of hydrogen-bond donors (Lipinski definition) is 0. The number of amides is 1. The van der Waals surface area contributed by atoms with E-state index in [2.05, 4.69) is 6.07 Å². The van der Waals surface area contributed by atoms with Crippen LogP contribution in [0.4, 0.5) is 5.82 Å². The molecule has 0 saturated carbocycles. The van der Waals surface area contributed by atoms with Gasteiger partial charge in [0.1, 0.15) is 11.6 Å². The van der Waals surface area contributed by atoms with E-state index in [1.54, 1.807) is 7.11 Å². The number of para-hydroxylation sites is 1. The molecule has 0 spiro atoms. The quantitative estimate of drug-likeness (QED) is 0.445. The van der Waals surface area contributed by atoms with Crippen LogP contribution in [0.1, 0.15) is 30.4 Å². The molecule has 1 unspecified atom stereocenters. The van der Waals surface area contributed by atoms with Crippen molar-refractivity contribution in [2.45, 2.75) is 38.3 Å². The number of nitrogens with zero attached hydrogens (tertiary/aromatic N) is 3. The van der Waals surface area contributed by atoms with Crippen LogP contribution in [0, 0.1) is 0 Å². The topological polar surface area (TPSA) is 73.4 Å². The van der Waals surface area contributed by atoms with Crippen molar-refractivity contribution in [3.05, 3.63) is 53.6 Å². The van der Waals surface area contributed by atoms with Gasteiger partial charge in [0.15, 0.2) is 11.5 Å². The van der Waals surface area contributed by atoms with E-state index in [0.717, 1.165) is 58.8 Å². The number of aryl methyl sites for hydroxylation is 1. The Morgan fingerprint density at radius 2 is 1.92 bits per heavy atom. The zero-order chi connectivity index (χ0) is 25.1. The van der Waals surface area contributed by atoms with Gasteiger partial charge in [0.2, 0.25) is 12.7 Å². The van der Waals surface area contributed by atoms with Gasteiger partial charge in [-0.2, -0.15) is 0 Å². The van der Waals surface area contributed by atoms with Gasteiger partial charge in [0.05, 0.1) is 18.7 Å². The first-order valence-corrected chi connectivity index (χ1v) is 12.4. The molecule has 0 aliphatic carbocycles. The summed E-state index contributed by atoms with van der Waals surface area (Å²) < 4.78 is 22.5. The minimum absolute atomic E-state index is 0.0604. The number of ether oxygens (including phenoxy) is 4. The van der Waals surface area contributed by atoms with Gasteiger partial charge in [-0.1, -0.05) is 18.2 Å². The molecule has 3 aromatic rings. The number of pyridine rings is 1. The molecule has 3 heterocycles. The fraction of sp³-hybridized carbons (Fsp3) is 0.429. The van der Waals surface area contributed by atoms with Crippen molar-refractivity contribution in [3.63, 3.8) is 0 Å². The first kappa shape index (κ1) is 24.2. The summed E-state index contributed by atoms with van der Waals surface area (Å²) in [4.78, 5) is 22.4. The van der Waals surface area contributed by atoms with Crippen LogP contribution in [0.2, 0.25) is 0 Å². The molecule has 8 heteroatoms. The third-order valence-electron chi connectivity index (χ3n) is 6.75. The Labute approximate surface area is 211 Å². The Morgan fingerprint density at radius 3 is 2.67 bits per heavy atom. The van der Waals surface area contributed by atoms with Gasteiger partial charge in [-0.3, -0.25) is 4.79 Å². The molecule has 1 amide bonds.